The van der Waals surface area contributed by atoms with Crippen LogP contribution in [0.25, 0.3) is 0 Å². The Kier molecular flexibility index (Phi) is 33.0. The van der Waals surface area contributed by atoms with Crippen LogP contribution in [0, 0.1) is 6.42 Å². The SMILES string of the molecule is CCCCCCCCCCC[CH]CCCCCCCCCCCCCCCCCCCCCC. The predicted molar refractivity (Wildman–Crippen MR) is 159 cm³/mol. The van der Waals surface area contributed by atoms with Crippen LogP contribution in [0.4, 0.5) is 0 Å². The van der Waals surface area contributed by atoms with Crippen molar-refractivity contribution in [2.24, 2.45) is 0 Å². The molecule has 0 saturated carbocycles. The van der Waals surface area contributed by atoms with Gasteiger partial charge in [-0.2, -0.15) is 0 Å². The highest BCUT2D eigenvalue weighted by Gasteiger charge is 1.97. The Morgan fingerprint density at radius 3 is 0.618 bits per heavy atom. The Morgan fingerprint density at radius 1 is 0.235 bits per heavy atom. The van der Waals surface area contributed by atoms with Gasteiger partial charge in [-0.3, -0.25) is 0 Å². The molecule has 0 aromatic carbocycles. The van der Waals surface area contributed by atoms with Gasteiger partial charge in [0.2, 0.25) is 0 Å². The van der Waals surface area contributed by atoms with Crippen molar-refractivity contribution in [1.82, 2.24) is 0 Å². The maximum absolute atomic E-state index is 2.58. The van der Waals surface area contributed by atoms with Crippen LogP contribution in [0.3, 0.4) is 0 Å². The average Bonchev–Trinajstić information content (AvgIpc) is 2.85. The van der Waals surface area contributed by atoms with Gasteiger partial charge in [-0.15, -0.1) is 0 Å². The molecule has 0 amide bonds. The Morgan fingerprint density at radius 2 is 0.412 bits per heavy atom. The van der Waals surface area contributed by atoms with Gasteiger partial charge in [-0.05, 0) is 6.42 Å². The highest BCUT2D eigenvalue weighted by Crippen LogP contribution is 2.16. The first-order valence-electron chi connectivity index (χ1n) is 16.7. The lowest BCUT2D eigenvalue weighted by Crippen LogP contribution is -1.85. The number of hydrogen-bond donors (Lipinski definition) is 0. The van der Waals surface area contributed by atoms with Crippen molar-refractivity contribution < 1.29 is 0 Å². The van der Waals surface area contributed by atoms with Crippen molar-refractivity contribution in [2.45, 2.75) is 213 Å². The van der Waals surface area contributed by atoms with Crippen molar-refractivity contribution in [1.29, 1.82) is 0 Å². The van der Waals surface area contributed by atoms with Gasteiger partial charge >= 0.3 is 0 Å². The Bertz CT molecular complexity index is 288. The van der Waals surface area contributed by atoms with Gasteiger partial charge in [-0.1, -0.05) is 213 Å². The number of hydrogen-bond acceptors (Lipinski definition) is 0. The van der Waals surface area contributed by atoms with E-state index < -0.39 is 0 Å². The van der Waals surface area contributed by atoms with Crippen LogP contribution in [0.1, 0.15) is 213 Å². The third-order valence-corrected chi connectivity index (χ3v) is 7.77. The monoisotopic (exact) mass is 478 g/mol. The highest BCUT2D eigenvalue weighted by atomic mass is 14.0. The summed E-state index contributed by atoms with van der Waals surface area (Å²) in [6, 6.07) is 0. The highest BCUT2D eigenvalue weighted by molar-refractivity contribution is 4.64. The van der Waals surface area contributed by atoms with E-state index in [-0.39, 0.29) is 0 Å². The minimum absolute atomic E-state index is 1.37. The fourth-order valence-electron chi connectivity index (χ4n) is 5.29. The molecular weight excluding hydrogens is 408 g/mol. The van der Waals surface area contributed by atoms with Crippen LogP contribution >= 0.6 is 0 Å². The fourth-order valence-corrected chi connectivity index (χ4v) is 5.29. The molecule has 0 rings (SSSR count). The van der Waals surface area contributed by atoms with E-state index in [4.69, 9.17) is 0 Å². The summed E-state index contributed by atoms with van der Waals surface area (Å²) in [7, 11) is 0. The average molecular weight is 478 g/mol. The molecule has 0 atom stereocenters. The van der Waals surface area contributed by atoms with E-state index in [1.54, 1.807) is 0 Å². The summed E-state index contributed by atoms with van der Waals surface area (Å²) in [4.78, 5) is 0. The van der Waals surface area contributed by atoms with E-state index in [0.29, 0.717) is 0 Å². The molecule has 0 unspecified atom stereocenters. The van der Waals surface area contributed by atoms with Crippen LogP contribution in [0.5, 0.6) is 0 Å². The standard InChI is InChI=1S/C34H69/c1-3-5-7-9-11-13-15-17-19-21-23-25-27-29-31-33-34-32-30-28-26-24-22-20-18-16-14-12-10-8-6-4-2/h23H,3-22,24-34H2,1-2H3. The molecule has 1 radical (unpaired) electrons. The maximum atomic E-state index is 2.58. The van der Waals surface area contributed by atoms with Crippen LogP contribution in [-0.4, -0.2) is 0 Å². The Labute approximate surface area is 219 Å². The normalized spacial score (nSPS) is 11.5. The zero-order valence-corrected chi connectivity index (χ0v) is 24.5. The Hall–Kier alpha value is 0. The van der Waals surface area contributed by atoms with E-state index >= 15 is 0 Å². The van der Waals surface area contributed by atoms with E-state index in [1.165, 1.54) is 199 Å². The van der Waals surface area contributed by atoms with Crippen molar-refractivity contribution in [2.75, 3.05) is 0 Å². The molecule has 0 aliphatic rings. The summed E-state index contributed by atoms with van der Waals surface area (Å²) in [5.74, 6) is 0. The van der Waals surface area contributed by atoms with Crippen molar-refractivity contribution >= 4 is 0 Å². The van der Waals surface area contributed by atoms with Gasteiger partial charge < -0.3 is 0 Å². The van der Waals surface area contributed by atoms with Crippen molar-refractivity contribution in [3.8, 4) is 0 Å². The molecule has 0 aromatic rings. The quantitative estimate of drug-likeness (QED) is 0.0870. The zero-order valence-electron chi connectivity index (χ0n) is 24.5. The number of unbranched alkanes of at least 4 members (excludes halogenated alkanes) is 31. The first kappa shape index (κ1) is 34.0. The van der Waals surface area contributed by atoms with Gasteiger partial charge in [0.1, 0.15) is 0 Å². The van der Waals surface area contributed by atoms with E-state index in [1.807, 2.05) is 0 Å². The lowest BCUT2D eigenvalue weighted by molar-refractivity contribution is 0.521. The molecule has 0 nitrogen and oxygen atoms in total. The molecule has 34 heavy (non-hydrogen) atoms. The summed E-state index contributed by atoms with van der Waals surface area (Å²) >= 11 is 0. The molecular formula is C34H69. The second-order valence-corrected chi connectivity index (χ2v) is 11.4. The zero-order chi connectivity index (χ0) is 24.6. The van der Waals surface area contributed by atoms with Crippen molar-refractivity contribution in [3.05, 3.63) is 6.42 Å². The van der Waals surface area contributed by atoms with Gasteiger partial charge in [0.05, 0.1) is 0 Å². The minimum atomic E-state index is 1.37. The van der Waals surface area contributed by atoms with Crippen LogP contribution in [0.15, 0.2) is 0 Å². The summed E-state index contributed by atoms with van der Waals surface area (Å²) < 4.78 is 0. The molecule has 0 spiro atoms. The molecule has 0 N–H and O–H groups in total. The first-order valence-corrected chi connectivity index (χ1v) is 16.7. The third kappa shape index (κ3) is 32.0. The van der Waals surface area contributed by atoms with Crippen molar-refractivity contribution in [3.63, 3.8) is 0 Å². The van der Waals surface area contributed by atoms with E-state index in [2.05, 4.69) is 20.3 Å². The molecule has 0 saturated heterocycles. The predicted octanol–water partition coefficient (Wildman–Crippen LogP) is 13.3. The third-order valence-electron chi connectivity index (χ3n) is 7.77. The molecule has 0 heterocycles. The Balaban J connectivity index is 2.99. The van der Waals surface area contributed by atoms with Gasteiger partial charge in [0.15, 0.2) is 0 Å². The largest absolute Gasteiger partial charge is 0.0654 e. The van der Waals surface area contributed by atoms with Crippen LogP contribution in [-0.2, 0) is 0 Å². The first-order chi connectivity index (χ1) is 16.9. The van der Waals surface area contributed by atoms with E-state index in [9.17, 15) is 0 Å². The molecule has 0 bridgehead atoms. The minimum Gasteiger partial charge on any atom is -0.0654 e. The second kappa shape index (κ2) is 33.0. The molecule has 0 aliphatic carbocycles. The summed E-state index contributed by atoms with van der Waals surface area (Å²) in [6.07, 6.45) is 47.9. The lowest BCUT2D eigenvalue weighted by atomic mass is 10.0. The fraction of sp³-hybridized carbons (Fsp3) is 0.971. The topological polar surface area (TPSA) is 0 Å². The van der Waals surface area contributed by atoms with Crippen LogP contribution in [0.2, 0.25) is 0 Å². The smallest absolute Gasteiger partial charge is 0.0386 e. The van der Waals surface area contributed by atoms with Crippen LogP contribution < -0.4 is 0 Å². The molecule has 0 aromatic heterocycles. The summed E-state index contributed by atoms with van der Waals surface area (Å²) in [5, 5.41) is 0. The molecule has 205 valence electrons. The molecule has 0 aliphatic heterocycles. The summed E-state index contributed by atoms with van der Waals surface area (Å²) in [5.41, 5.74) is 0. The summed E-state index contributed by atoms with van der Waals surface area (Å²) in [6.45, 7) is 4.61. The van der Waals surface area contributed by atoms with E-state index in [0.717, 1.165) is 0 Å². The number of rotatable bonds is 31. The molecule has 0 fully saturated rings. The molecule has 0 heteroatoms. The lowest BCUT2D eigenvalue weighted by Gasteiger charge is -2.04. The van der Waals surface area contributed by atoms with Gasteiger partial charge in [0, 0.05) is 0 Å². The maximum Gasteiger partial charge on any atom is -0.0386 e. The van der Waals surface area contributed by atoms with Gasteiger partial charge in [0.25, 0.3) is 0 Å². The van der Waals surface area contributed by atoms with Gasteiger partial charge in [-0.25, -0.2) is 0 Å². The second-order valence-electron chi connectivity index (χ2n) is 11.4.